The predicted molar refractivity (Wildman–Crippen MR) is 59.8 cm³/mol. The molecule has 1 aliphatic carbocycles. The summed E-state index contributed by atoms with van der Waals surface area (Å²) in [5.74, 6) is 0.821. The maximum absolute atomic E-state index is 10.1. The molecule has 88 valence electrons. The average Bonchev–Trinajstić information content (AvgIpc) is 2.31. The van der Waals surface area contributed by atoms with Crippen molar-refractivity contribution >= 4 is 0 Å². The van der Waals surface area contributed by atoms with Crippen LogP contribution in [0.4, 0.5) is 0 Å². The third kappa shape index (κ3) is 2.71. The van der Waals surface area contributed by atoms with Gasteiger partial charge < -0.3 is 9.84 Å². The third-order valence-electron chi connectivity index (χ3n) is 3.98. The van der Waals surface area contributed by atoms with E-state index in [1.807, 2.05) is 0 Å². The second-order valence-electron chi connectivity index (χ2n) is 4.87. The van der Waals surface area contributed by atoms with Crippen LogP contribution in [0.2, 0.25) is 0 Å². The maximum atomic E-state index is 10.1. The second kappa shape index (κ2) is 5.28. The topological polar surface area (TPSA) is 32.7 Å². The van der Waals surface area contributed by atoms with E-state index in [2.05, 4.69) is 11.8 Å². The standard InChI is InChI=1S/C12H23NO2/c1-2-10-3-4-12(14)11(9-10)13-5-7-15-8-6-13/h10-12,14H,2-9H2,1H3. The van der Waals surface area contributed by atoms with Crippen LogP contribution >= 0.6 is 0 Å². The first-order chi connectivity index (χ1) is 7.31. The number of ether oxygens (including phenoxy) is 1. The van der Waals surface area contributed by atoms with Crippen LogP contribution in [0.5, 0.6) is 0 Å². The van der Waals surface area contributed by atoms with Crippen LogP contribution in [-0.4, -0.2) is 48.5 Å². The number of rotatable bonds is 2. The first-order valence-corrected chi connectivity index (χ1v) is 6.31. The molecule has 0 aromatic carbocycles. The molecule has 0 bridgehead atoms. The minimum atomic E-state index is -0.106. The van der Waals surface area contributed by atoms with Gasteiger partial charge in [0.1, 0.15) is 0 Å². The highest BCUT2D eigenvalue weighted by molar-refractivity contribution is 4.87. The zero-order chi connectivity index (χ0) is 10.7. The molecule has 3 unspecified atom stereocenters. The van der Waals surface area contributed by atoms with Crippen molar-refractivity contribution in [2.45, 2.75) is 44.8 Å². The lowest BCUT2D eigenvalue weighted by atomic mass is 9.81. The van der Waals surface area contributed by atoms with Crippen molar-refractivity contribution in [3.63, 3.8) is 0 Å². The smallest absolute Gasteiger partial charge is 0.0695 e. The Bertz CT molecular complexity index is 192. The Kier molecular flexibility index (Phi) is 4.00. The van der Waals surface area contributed by atoms with Gasteiger partial charge in [0.2, 0.25) is 0 Å². The fourth-order valence-electron chi connectivity index (χ4n) is 2.89. The minimum Gasteiger partial charge on any atom is -0.391 e. The molecule has 3 heteroatoms. The molecule has 15 heavy (non-hydrogen) atoms. The van der Waals surface area contributed by atoms with Gasteiger partial charge in [-0.1, -0.05) is 13.3 Å². The van der Waals surface area contributed by atoms with Crippen LogP contribution in [0, 0.1) is 5.92 Å². The SMILES string of the molecule is CCC1CCC(O)C(N2CCOCC2)C1. The summed E-state index contributed by atoms with van der Waals surface area (Å²) in [6, 6.07) is 0.396. The van der Waals surface area contributed by atoms with E-state index in [4.69, 9.17) is 4.74 Å². The third-order valence-corrected chi connectivity index (χ3v) is 3.98. The van der Waals surface area contributed by atoms with E-state index in [9.17, 15) is 5.11 Å². The summed E-state index contributed by atoms with van der Waals surface area (Å²) in [6.45, 7) is 5.93. The molecule has 0 radical (unpaired) electrons. The first kappa shape index (κ1) is 11.4. The summed E-state index contributed by atoms with van der Waals surface area (Å²) < 4.78 is 5.36. The Hall–Kier alpha value is -0.120. The molecule has 1 saturated carbocycles. The van der Waals surface area contributed by atoms with Crippen molar-refractivity contribution in [2.75, 3.05) is 26.3 Å². The Morgan fingerprint density at radius 2 is 2.00 bits per heavy atom. The molecule has 1 aliphatic heterocycles. The maximum Gasteiger partial charge on any atom is 0.0695 e. The van der Waals surface area contributed by atoms with Crippen molar-refractivity contribution in [3.8, 4) is 0 Å². The van der Waals surface area contributed by atoms with Gasteiger partial charge >= 0.3 is 0 Å². The van der Waals surface area contributed by atoms with Gasteiger partial charge in [-0.3, -0.25) is 4.90 Å². The summed E-state index contributed by atoms with van der Waals surface area (Å²) in [5, 5.41) is 10.1. The van der Waals surface area contributed by atoms with Gasteiger partial charge in [0.25, 0.3) is 0 Å². The molecule has 0 aromatic rings. The molecule has 0 aromatic heterocycles. The van der Waals surface area contributed by atoms with Crippen molar-refractivity contribution in [2.24, 2.45) is 5.92 Å². The predicted octanol–water partition coefficient (Wildman–Crippen LogP) is 1.26. The van der Waals surface area contributed by atoms with Crippen LogP contribution in [0.3, 0.4) is 0 Å². The highest BCUT2D eigenvalue weighted by atomic mass is 16.5. The van der Waals surface area contributed by atoms with Crippen LogP contribution < -0.4 is 0 Å². The van der Waals surface area contributed by atoms with E-state index in [-0.39, 0.29) is 6.10 Å². The van der Waals surface area contributed by atoms with Crippen molar-refractivity contribution in [3.05, 3.63) is 0 Å². The van der Waals surface area contributed by atoms with E-state index in [1.165, 1.54) is 19.3 Å². The number of aliphatic hydroxyl groups excluding tert-OH is 1. The molecular weight excluding hydrogens is 190 g/mol. The van der Waals surface area contributed by atoms with E-state index in [0.717, 1.165) is 38.6 Å². The average molecular weight is 213 g/mol. The number of aliphatic hydroxyl groups is 1. The van der Waals surface area contributed by atoms with Gasteiger partial charge in [0.15, 0.2) is 0 Å². The van der Waals surface area contributed by atoms with Crippen LogP contribution in [-0.2, 0) is 4.74 Å². The molecule has 1 N–H and O–H groups in total. The lowest BCUT2D eigenvalue weighted by Crippen LogP contribution is -2.51. The van der Waals surface area contributed by atoms with E-state index < -0.39 is 0 Å². The first-order valence-electron chi connectivity index (χ1n) is 6.31. The van der Waals surface area contributed by atoms with Crippen LogP contribution in [0.1, 0.15) is 32.6 Å². The molecule has 1 saturated heterocycles. The van der Waals surface area contributed by atoms with Gasteiger partial charge in [-0.05, 0) is 25.2 Å². The van der Waals surface area contributed by atoms with Crippen LogP contribution in [0.25, 0.3) is 0 Å². The van der Waals surface area contributed by atoms with Gasteiger partial charge in [-0.25, -0.2) is 0 Å². The van der Waals surface area contributed by atoms with Gasteiger partial charge in [0.05, 0.1) is 19.3 Å². The molecule has 2 aliphatic rings. The fraction of sp³-hybridized carbons (Fsp3) is 1.00. The molecule has 3 atom stereocenters. The summed E-state index contributed by atoms with van der Waals surface area (Å²) in [7, 11) is 0. The Balaban J connectivity index is 1.92. The normalized spacial score (nSPS) is 39.2. The van der Waals surface area contributed by atoms with E-state index >= 15 is 0 Å². The zero-order valence-electron chi connectivity index (χ0n) is 9.69. The number of hydrogen-bond donors (Lipinski definition) is 1. The molecule has 3 nitrogen and oxygen atoms in total. The number of morpholine rings is 1. The Morgan fingerprint density at radius 3 is 2.67 bits per heavy atom. The summed E-state index contributed by atoms with van der Waals surface area (Å²) in [6.07, 6.45) is 4.52. The minimum absolute atomic E-state index is 0.106. The monoisotopic (exact) mass is 213 g/mol. The Labute approximate surface area is 92.4 Å². The largest absolute Gasteiger partial charge is 0.391 e. The van der Waals surface area contributed by atoms with Crippen LogP contribution in [0.15, 0.2) is 0 Å². The number of nitrogens with zero attached hydrogens (tertiary/aromatic N) is 1. The highest BCUT2D eigenvalue weighted by Gasteiger charge is 2.33. The van der Waals surface area contributed by atoms with E-state index in [1.54, 1.807) is 0 Å². The number of hydrogen-bond acceptors (Lipinski definition) is 3. The quantitative estimate of drug-likeness (QED) is 0.749. The molecule has 1 heterocycles. The summed E-state index contributed by atoms with van der Waals surface area (Å²) in [5.41, 5.74) is 0. The van der Waals surface area contributed by atoms with Crippen molar-refractivity contribution < 1.29 is 9.84 Å². The molecule has 0 spiro atoms. The molecule has 0 amide bonds. The molecular formula is C12H23NO2. The zero-order valence-corrected chi connectivity index (χ0v) is 9.69. The Morgan fingerprint density at radius 1 is 1.27 bits per heavy atom. The van der Waals surface area contributed by atoms with E-state index in [0.29, 0.717) is 6.04 Å². The highest BCUT2D eigenvalue weighted by Crippen LogP contribution is 2.30. The van der Waals surface area contributed by atoms with Crippen molar-refractivity contribution in [1.29, 1.82) is 0 Å². The fourth-order valence-corrected chi connectivity index (χ4v) is 2.89. The molecule has 2 fully saturated rings. The van der Waals surface area contributed by atoms with Gasteiger partial charge in [-0.2, -0.15) is 0 Å². The lowest BCUT2D eigenvalue weighted by molar-refractivity contribution is -0.0453. The van der Waals surface area contributed by atoms with Gasteiger partial charge in [-0.15, -0.1) is 0 Å². The second-order valence-corrected chi connectivity index (χ2v) is 4.87. The lowest BCUT2D eigenvalue weighted by Gasteiger charge is -2.42. The van der Waals surface area contributed by atoms with Gasteiger partial charge in [0, 0.05) is 19.1 Å². The summed E-state index contributed by atoms with van der Waals surface area (Å²) >= 11 is 0. The summed E-state index contributed by atoms with van der Waals surface area (Å²) in [4.78, 5) is 2.43. The van der Waals surface area contributed by atoms with Crippen molar-refractivity contribution in [1.82, 2.24) is 4.90 Å². The molecule has 2 rings (SSSR count).